The van der Waals surface area contributed by atoms with Crippen LogP contribution in [-0.2, 0) is 5.60 Å². The number of benzene rings is 1. The van der Waals surface area contributed by atoms with Crippen molar-refractivity contribution >= 4 is 0 Å². The quantitative estimate of drug-likeness (QED) is 0.850. The molecule has 0 aliphatic carbocycles. The Hall–Kier alpha value is -0.860. The Bertz CT molecular complexity index is 426. The molecule has 20 heavy (non-hydrogen) atoms. The average molecular weight is 277 g/mol. The van der Waals surface area contributed by atoms with Crippen LogP contribution < -0.4 is 5.73 Å². The second kappa shape index (κ2) is 5.87. The Kier molecular flexibility index (Phi) is 5.04. The molecule has 0 amide bonds. The first-order chi connectivity index (χ1) is 9.08. The summed E-state index contributed by atoms with van der Waals surface area (Å²) in [6.45, 7) is 12.5. The second-order valence-electron chi connectivity index (χ2n) is 7.22. The van der Waals surface area contributed by atoms with Crippen LogP contribution >= 0.6 is 0 Å². The van der Waals surface area contributed by atoms with E-state index >= 15 is 0 Å². The third-order valence-corrected chi connectivity index (χ3v) is 4.79. The molecule has 0 saturated heterocycles. The Labute approximate surface area is 124 Å². The second-order valence-corrected chi connectivity index (χ2v) is 7.22. The number of rotatable bonds is 5. The SMILES string of the molecule is CCC(N)(CC)CC(O)(c1ccc(C)cc1)C(C)(C)C. The normalized spacial score (nSPS) is 16.0. The van der Waals surface area contributed by atoms with Crippen molar-refractivity contribution in [2.75, 3.05) is 0 Å². The lowest BCUT2D eigenvalue weighted by atomic mass is 9.65. The highest BCUT2D eigenvalue weighted by Gasteiger charge is 2.45. The topological polar surface area (TPSA) is 46.2 Å². The highest BCUT2D eigenvalue weighted by Crippen LogP contribution is 2.45. The summed E-state index contributed by atoms with van der Waals surface area (Å²) in [5.74, 6) is 0. The number of aryl methyl sites for hydroxylation is 1. The van der Waals surface area contributed by atoms with Crippen molar-refractivity contribution in [3.63, 3.8) is 0 Å². The largest absolute Gasteiger partial charge is 0.385 e. The molecule has 0 aromatic heterocycles. The first kappa shape index (κ1) is 17.2. The molecule has 1 atom stereocenters. The lowest BCUT2D eigenvalue weighted by Crippen LogP contribution is -2.51. The van der Waals surface area contributed by atoms with Crippen LogP contribution in [0.3, 0.4) is 0 Å². The zero-order valence-corrected chi connectivity index (χ0v) is 14.0. The molecule has 0 aliphatic rings. The molecular weight excluding hydrogens is 246 g/mol. The van der Waals surface area contributed by atoms with Crippen molar-refractivity contribution in [2.45, 2.75) is 71.9 Å². The Morgan fingerprint density at radius 2 is 1.45 bits per heavy atom. The molecule has 1 aromatic carbocycles. The lowest BCUT2D eigenvalue weighted by Gasteiger charge is -2.46. The third-order valence-electron chi connectivity index (χ3n) is 4.79. The summed E-state index contributed by atoms with van der Waals surface area (Å²) in [6.07, 6.45) is 2.32. The van der Waals surface area contributed by atoms with Crippen LogP contribution in [0.15, 0.2) is 24.3 Å². The van der Waals surface area contributed by atoms with E-state index in [0.29, 0.717) is 6.42 Å². The van der Waals surface area contributed by atoms with Gasteiger partial charge in [-0.3, -0.25) is 0 Å². The van der Waals surface area contributed by atoms with E-state index < -0.39 is 5.60 Å². The molecule has 1 aromatic rings. The van der Waals surface area contributed by atoms with Gasteiger partial charge in [-0.05, 0) is 37.2 Å². The van der Waals surface area contributed by atoms with Crippen LogP contribution in [0.25, 0.3) is 0 Å². The lowest BCUT2D eigenvalue weighted by molar-refractivity contribution is -0.0873. The molecule has 0 aliphatic heterocycles. The highest BCUT2D eigenvalue weighted by molar-refractivity contribution is 5.29. The van der Waals surface area contributed by atoms with E-state index in [-0.39, 0.29) is 11.0 Å². The average Bonchev–Trinajstić information content (AvgIpc) is 2.38. The van der Waals surface area contributed by atoms with Gasteiger partial charge in [-0.15, -0.1) is 0 Å². The van der Waals surface area contributed by atoms with Crippen LogP contribution in [0, 0.1) is 12.3 Å². The maximum absolute atomic E-state index is 11.4. The fraction of sp³-hybridized carbons (Fsp3) is 0.667. The monoisotopic (exact) mass is 277 g/mol. The molecule has 114 valence electrons. The highest BCUT2D eigenvalue weighted by atomic mass is 16.3. The molecule has 1 unspecified atom stereocenters. The zero-order valence-electron chi connectivity index (χ0n) is 14.0. The van der Waals surface area contributed by atoms with Crippen LogP contribution in [0.2, 0.25) is 0 Å². The van der Waals surface area contributed by atoms with Crippen molar-refractivity contribution < 1.29 is 5.11 Å². The van der Waals surface area contributed by atoms with Crippen molar-refractivity contribution in [3.05, 3.63) is 35.4 Å². The molecule has 2 heteroatoms. The first-order valence-corrected chi connectivity index (χ1v) is 7.66. The van der Waals surface area contributed by atoms with Gasteiger partial charge in [-0.1, -0.05) is 64.4 Å². The van der Waals surface area contributed by atoms with Gasteiger partial charge >= 0.3 is 0 Å². The predicted molar refractivity (Wildman–Crippen MR) is 86.6 cm³/mol. The molecule has 0 radical (unpaired) electrons. The van der Waals surface area contributed by atoms with Gasteiger partial charge in [0.2, 0.25) is 0 Å². The van der Waals surface area contributed by atoms with Gasteiger partial charge in [0.05, 0.1) is 5.60 Å². The Morgan fingerprint density at radius 1 is 1.00 bits per heavy atom. The molecule has 0 bridgehead atoms. The fourth-order valence-electron chi connectivity index (χ4n) is 2.64. The molecule has 0 fully saturated rings. The molecule has 1 rings (SSSR count). The number of hydrogen-bond acceptors (Lipinski definition) is 2. The first-order valence-electron chi connectivity index (χ1n) is 7.66. The van der Waals surface area contributed by atoms with Crippen molar-refractivity contribution in [1.82, 2.24) is 0 Å². The summed E-state index contributed by atoms with van der Waals surface area (Å²) in [4.78, 5) is 0. The minimum atomic E-state index is -0.915. The summed E-state index contributed by atoms with van der Waals surface area (Å²) in [7, 11) is 0. The maximum atomic E-state index is 11.4. The third kappa shape index (κ3) is 3.42. The summed E-state index contributed by atoms with van der Waals surface area (Å²) < 4.78 is 0. The Balaban J connectivity index is 3.27. The summed E-state index contributed by atoms with van der Waals surface area (Å²) in [6, 6.07) is 8.18. The minimum absolute atomic E-state index is 0.267. The van der Waals surface area contributed by atoms with E-state index in [1.807, 2.05) is 12.1 Å². The number of nitrogens with two attached hydrogens (primary N) is 1. The smallest absolute Gasteiger partial charge is 0.0961 e. The predicted octanol–water partition coefficient (Wildman–Crippen LogP) is 4.14. The van der Waals surface area contributed by atoms with Crippen LogP contribution in [0.4, 0.5) is 0 Å². The molecule has 2 nitrogen and oxygen atoms in total. The van der Waals surface area contributed by atoms with Gasteiger partial charge in [0, 0.05) is 5.54 Å². The van der Waals surface area contributed by atoms with E-state index in [2.05, 4.69) is 53.7 Å². The van der Waals surface area contributed by atoms with E-state index in [4.69, 9.17) is 5.73 Å². The van der Waals surface area contributed by atoms with Gasteiger partial charge in [0.1, 0.15) is 0 Å². The van der Waals surface area contributed by atoms with E-state index in [9.17, 15) is 5.11 Å². The van der Waals surface area contributed by atoms with Gasteiger partial charge in [0.25, 0.3) is 0 Å². The van der Waals surface area contributed by atoms with E-state index in [1.54, 1.807) is 0 Å². The molecular formula is C18H31NO. The standard InChI is InChI=1S/C18H31NO/c1-7-17(19,8-2)13-18(20,16(4,5)6)15-11-9-14(3)10-12-15/h9-12,20H,7-8,13,19H2,1-6H3. The van der Waals surface area contributed by atoms with E-state index in [0.717, 1.165) is 18.4 Å². The summed E-state index contributed by atoms with van der Waals surface area (Å²) in [5.41, 5.74) is 7.15. The number of hydrogen-bond donors (Lipinski definition) is 2. The maximum Gasteiger partial charge on any atom is 0.0961 e. The molecule has 0 saturated carbocycles. The van der Waals surface area contributed by atoms with Crippen LogP contribution in [0.1, 0.15) is 65.0 Å². The van der Waals surface area contributed by atoms with Crippen molar-refractivity contribution in [3.8, 4) is 0 Å². The minimum Gasteiger partial charge on any atom is -0.385 e. The van der Waals surface area contributed by atoms with Crippen molar-refractivity contribution in [2.24, 2.45) is 11.1 Å². The van der Waals surface area contributed by atoms with Crippen LogP contribution in [-0.4, -0.2) is 10.6 Å². The Morgan fingerprint density at radius 3 is 1.80 bits per heavy atom. The molecule has 0 heterocycles. The summed E-state index contributed by atoms with van der Waals surface area (Å²) >= 11 is 0. The van der Waals surface area contributed by atoms with Gasteiger partial charge < -0.3 is 10.8 Å². The number of aliphatic hydroxyl groups is 1. The zero-order chi connectivity index (χ0) is 15.6. The van der Waals surface area contributed by atoms with Crippen LogP contribution in [0.5, 0.6) is 0 Å². The fourth-order valence-corrected chi connectivity index (χ4v) is 2.64. The molecule has 0 spiro atoms. The van der Waals surface area contributed by atoms with Crippen molar-refractivity contribution in [1.29, 1.82) is 0 Å². The molecule has 3 N–H and O–H groups in total. The van der Waals surface area contributed by atoms with Gasteiger partial charge in [-0.25, -0.2) is 0 Å². The van der Waals surface area contributed by atoms with Gasteiger partial charge in [0.15, 0.2) is 0 Å². The summed E-state index contributed by atoms with van der Waals surface area (Å²) in [5, 5.41) is 11.4. The van der Waals surface area contributed by atoms with E-state index in [1.165, 1.54) is 5.56 Å². The van der Waals surface area contributed by atoms with Gasteiger partial charge in [-0.2, -0.15) is 0 Å².